The quantitative estimate of drug-likeness (QED) is 0.738. The summed E-state index contributed by atoms with van der Waals surface area (Å²) in [7, 11) is 0. The summed E-state index contributed by atoms with van der Waals surface area (Å²) >= 11 is 0. The number of carbonyl (C=O) groups is 1. The first-order chi connectivity index (χ1) is 9.75. The first kappa shape index (κ1) is 12.2. The van der Waals surface area contributed by atoms with Crippen molar-refractivity contribution in [1.82, 2.24) is 4.98 Å². The van der Waals surface area contributed by atoms with Crippen LogP contribution in [0, 0.1) is 0 Å². The smallest absolute Gasteiger partial charge is 0.262 e. The first-order valence-corrected chi connectivity index (χ1v) is 6.10. The molecule has 0 fully saturated rings. The van der Waals surface area contributed by atoms with Crippen molar-refractivity contribution in [1.29, 1.82) is 0 Å². The van der Waals surface area contributed by atoms with Gasteiger partial charge in [0.25, 0.3) is 5.88 Å². The predicted octanol–water partition coefficient (Wildman–Crippen LogP) is 3.28. The van der Waals surface area contributed by atoms with Gasteiger partial charge in [0.2, 0.25) is 17.4 Å². The zero-order valence-electron chi connectivity index (χ0n) is 10.5. The van der Waals surface area contributed by atoms with Crippen LogP contribution in [0.5, 0.6) is 5.88 Å². The molecule has 4 heteroatoms. The molecule has 0 saturated carbocycles. The van der Waals surface area contributed by atoms with Gasteiger partial charge < -0.3 is 9.52 Å². The van der Waals surface area contributed by atoms with Gasteiger partial charge in [0, 0.05) is 11.1 Å². The summed E-state index contributed by atoms with van der Waals surface area (Å²) in [5, 5.41) is 9.80. The molecule has 0 saturated heterocycles. The molecule has 98 valence electrons. The van der Waals surface area contributed by atoms with Crippen molar-refractivity contribution < 1.29 is 14.3 Å². The van der Waals surface area contributed by atoms with Gasteiger partial charge in [-0.15, -0.1) is 0 Å². The lowest BCUT2D eigenvalue weighted by Crippen LogP contribution is -1.99. The number of ketones is 1. The maximum absolute atomic E-state index is 12.2. The molecule has 3 rings (SSSR count). The number of oxazole rings is 1. The fourth-order valence-electron chi connectivity index (χ4n) is 1.88. The number of nitrogens with zero attached hydrogens (tertiary/aromatic N) is 1. The molecule has 0 spiro atoms. The van der Waals surface area contributed by atoms with Crippen LogP contribution in [0.15, 0.2) is 65.1 Å². The van der Waals surface area contributed by atoms with E-state index in [1.54, 1.807) is 36.4 Å². The van der Waals surface area contributed by atoms with Crippen LogP contribution in [0.1, 0.15) is 16.1 Å². The number of carbonyl (C=O) groups excluding carboxylic acids is 1. The molecule has 0 aliphatic rings. The molecule has 1 N–H and O–H groups in total. The second-order valence-corrected chi connectivity index (χ2v) is 4.23. The van der Waals surface area contributed by atoms with Crippen LogP contribution in [0.3, 0.4) is 0 Å². The molecule has 0 bridgehead atoms. The third-order valence-corrected chi connectivity index (χ3v) is 2.87. The number of aromatic nitrogens is 1. The molecule has 0 unspecified atom stereocenters. The van der Waals surface area contributed by atoms with Gasteiger partial charge in [0.05, 0.1) is 0 Å². The zero-order valence-corrected chi connectivity index (χ0v) is 10.5. The summed E-state index contributed by atoms with van der Waals surface area (Å²) in [6, 6.07) is 17.7. The van der Waals surface area contributed by atoms with Crippen molar-refractivity contribution in [3.63, 3.8) is 0 Å². The Morgan fingerprint density at radius 1 is 0.950 bits per heavy atom. The minimum Gasteiger partial charge on any atom is -0.490 e. The summed E-state index contributed by atoms with van der Waals surface area (Å²) in [6.45, 7) is 0. The van der Waals surface area contributed by atoms with Crippen molar-refractivity contribution in [3.05, 3.63) is 72.0 Å². The van der Waals surface area contributed by atoms with Gasteiger partial charge in [0.15, 0.2) is 0 Å². The van der Waals surface area contributed by atoms with Gasteiger partial charge in [-0.25, -0.2) is 0 Å². The van der Waals surface area contributed by atoms with E-state index in [1.807, 2.05) is 24.3 Å². The molecule has 20 heavy (non-hydrogen) atoms. The fraction of sp³-hybridized carbons (Fsp3) is 0. The molecule has 1 heterocycles. The third kappa shape index (κ3) is 2.19. The molecule has 0 atom stereocenters. The highest BCUT2D eigenvalue weighted by Crippen LogP contribution is 2.27. The maximum Gasteiger partial charge on any atom is 0.262 e. The number of aromatic hydroxyl groups is 1. The summed E-state index contributed by atoms with van der Waals surface area (Å²) in [4.78, 5) is 16.1. The Morgan fingerprint density at radius 2 is 1.55 bits per heavy atom. The van der Waals surface area contributed by atoms with Crippen molar-refractivity contribution in [2.24, 2.45) is 0 Å². The highest BCUT2D eigenvalue weighted by atomic mass is 16.4. The second-order valence-electron chi connectivity index (χ2n) is 4.23. The number of hydrogen-bond donors (Lipinski definition) is 1. The van der Waals surface area contributed by atoms with Crippen molar-refractivity contribution in [2.75, 3.05) is 0 Å². The SMILES string of the molecule is O=C(c1ccccc1)c1oc(-c2ccccc2)nc1O. The molecule has 3 aromatic rings. The Kier molecular flexibility index (Phi) is 3.05. The lowest BCUT2D eigenvalue weighted by Gasteiger charge is -1.96. The summed E-state index contributed by atoms with van der Waals surface area (Å²) in [6.07, 6.45) is 0. The Morgan fingerprint density at radius 3 is 2.20 bits per heavy atom. The molecular formula is C16H11NO3. The van der Waals surface area contributed by atoms with E-state index in [-0.39, 0.29) is 11.7 Å². The minimum atomic E-state index is -0.391. The van der Waals surface area contributed by atoms with Crippen LogP contribution < -0.4 is 0 Å². The standard InChI is InChI=1S/C16H11NO3/c18-13(11-7-3-1-4-8-11)14-15(19)17-16(20-14)12-9-5-2-6-10-12/h1-10,19H. The monoisotopic (exact) mass is 265 g/mol. The molecule has 0 aliphatic carbocycles. The van der Waals surface area contributed by atoms with Gasteiger partial charge in [-0.3, -0.25) is 4.79 Å². The maximum atomic E-state index is 12.2. The first-order valence-electron chi connectivity index (χ1n) is 6.10. The highest BCUT2D eigenvalue weighted by molar-refractivity contribution is 6.08. The average molecular weight is 265 g/mol. The second kappa shape index (κ2) is 5.01. The number of hydrogen-bond acceptors (Lipinski definition) is 4. The Balaban J connectivity index is 2.00. The van der Waals surface area contributed by atoms with E-state index < -0.39 is 11.7 Å². The van der Waals surface area contributed by atoms with E-state index in [2.05, 4.69) is 4.98 Å². The summed E-state index contributed by atoms with van der Waals surface area (Å²) in [5.74, 6) is -0.701. The number of benzene rings is 2. The van der Waals surface area contributed by atoms with E-state index in [0.29, 0.717) is 11.1 Å². The molecule has 2 aromatic carbocycles. The normalized spacial score (nSPS) is 10.4. The van der Waals surface area contributed by atoms with E-state index in [0.717, 1.165) is 0 Å². The van der Waals surface area contributed by atoms with Gasteiger partial charge >= 0.3 is 0 Å². The van der Waals surface area contributed by atoms with Crippen LogP contribution in [-0.4, -0.2) is 15.9 Å². The lowest BCUT2D eigenvalue weighted by atomic mass is 10.1. The lowest BCUT2D eigenvalue weighted by molar-refractivity contribution is 0.101. The van der Waals surface area contributed by atoms with Crippen molar-refractivity contribution in [3.8, 4) is 17.3 Å². The minimum absolute atomic E-state index is 0.143. The van der Waals surface area contributed by atoms with E-state index in [1.165, 1.54) is 0 Å². The van der Waals surface area contributed by atoms with Gasteiger partial charge in [-0.05, 0) is 12.1 Å². The third-order valence-electron chi connectivity index (χ3n) is 2.87. The molecule has 4 nitrogen and oxygen atoms in total. The molecular weight excluding hydrogens is 254 g/mol. The van der Waals surface area contributed by atoms with Crippen LogP contribution in [0.25, 0.3) is 11.5 Å². The van der Waals surface area contributed by atoms with Gasteiger partial charge in [0.1, 0.15) is 0 Å². The van der Waals surface area contributed by atoms with E-state index in [4.69, 9.17) is 4.42 Å². The van der Waals surface area contributed by atoms with Crippen LogP contribution in [-0.2, 0) is 0 Å². The highest BCUT2D eigenvalue weighted by Gasteiger charge is 2.21. The fourth-order valence-corrected chi connectivity index (χ4v) is 1.88. The Bertz CT molecular complexity index is 733. The van der Waals surface area contributed by atoms with Crippen molar-refractivity contribution >= 4 is 5.78 Å². The Hall–Kier alpha value is -2.88. The summed E-state index contributed by atoms with van der Waals surface area (Å²) in [5.41, 5.74) is 1.15. The van der Waals surface area contributed by atoms with E-state index >= 15 is 0 Å². The predicted molar refractivity (Wildman–Crippen MR) is 73.5 cm³/mol. The molecule has 0 aliphatic heterocycles. The van der Waals surface area contributed by atoms with Gasteiger partial charge in [-0.1, -0.05) is 48.5 Å². The molecule has 1 aromatic heterocycles. The van der Waals surface area contributed by atoms with Crippen LogP contribution >= 0.6 is 0 Å². The average Bonchev–Trinajstić information content (AvgIpc) is 2.90. The summed E-state index contributed by atoms with van der Waals surface area (Å²) < 4.78 is 5.41. The van der Waals surface area contributed by atoms with Crippen LogP contribution in [0.4, 0.5) is 0 Å². The number of rotatable bonds is 3. The zero-order chi connectivity index (χ0) is 13.9. The van der Waals surface area contributed by atoms with Crippen molar-refractivity contribution in [2.45, 2.75) is 0 Å². The van der Waals surface area contributed by atoms with Gasteiger partial charge in [-0.2, -0.15) is 4.98 Å². The topological polar surface area (TPSA) is 63.3 Å². The van der Waals surface area contributed by atoms with E-state index in [9.17, 15) is 9.90 Å². The molecule has 0 radical (unpaired) electrons. The van der Waals surface area contributed by atoms with Crippen LogP contribution in [0.2, 0.25) is 0 Å². The molecule has 0 amide bonds. The Labute approximate surface area is 115 Å². The largest absolute Gasteiger partial charge is 0.490 e.